The van der Waals surface area contributed by atoms with Gasteiger partial charge in [0.1, 0.15) is 5.75 Å². The third-order valence-corrected chi connectivity index (χ3v) is 5.06. The van der Waals surface area contributed by atoms with Crippen molar-refractivity contribution >= 4 is 17.2 Å². The Morgan fingerprint density at radius 2 is 2.18 bits per heavy atom. The van der Waals surface area contributed by atoms with Crippen molar-refractivity contribution in [3.63, 3.8) is 0 Å². The van der Waals surface area contributed by atoms with Crippen LogP contribution in [0.3, 0.4) is 0 Å². The quantitative estimate of drug-likeness (QED) is 0.842. The van der Waals surface area contributed by atoms with E-state index in [-0.39, 0.29) is 5.91 Å². The number of carbonyl (C=O) groups excluding carboxylic acids is 1. The van der Waals surface area contributed by atoms with Crippen LogP contribution in [0.4, 0.5) is 0 Å². The van der Waals surface area contributed by atoms with Crippen LogP contribution in [0, 0.1) is 0 Å². The van der Waals surface area contributed by atoms with Crippen LogP contribution in [0.1, 0.15) is 29.3 Å². The third-order valence-electron chi connectivity index (χ3n) is 4.04. The Balaban J connectivity index is 1.59. The zero-order chi connectivity index (χ0) is 15.4. The summed E-state index contributed by atoms with van der Waals surface area (Å²) in [4.78, 5) is 15.9. The Kier molecular flexibility index (Phi) is 4.78. The number of carbonyl (C=O) groups is 1. The molecule has 116 valence electrons. The van der Waals surface area contributed by atoms with E-state index < -0.39 is 0 Å². The second-order valence-electron chi connectivity index (χ2n) is 5.48. The Bertz CT molecular complexity index is 650. The van der Waals surface area contributed by atoms with Gasteiger partial charge in [0.05, 0.1) is 6.61 Å². The highest BCUT2D eigenvalue weighted by molar-refractivity contribution is 7.10. The van der Waals surface area contributed by atoms with Gasteiger partial charge >= 0.3 is 0 Å². The molecule has 0 unspecified atom stereocenters. The van der Waals surface area contributed by atoms with Gasteiger partial charge in [-0.2, -0.15) is 0 Å². The van der Waals surface area contributed by atoms with Gasteiger partial charge in [-0.1, -0.05) is 18.2 Å². The van der Waals surface area contributed by atoms with Crippen LogP contribution in [0.2, 0.25) is 0 Å². The number of nitrogens with zero attached hydrogens (tertiary/aromatic N) is 1. The van der Waals surface area contributed by atoms with Gasteiger partial charge in [-0.15, -0.1) is 11.3 Å². The van der Waals surface area contributed by atoms with Gasteiger partial charge in [0, 0.05) is 24.4 Å². The largest absolute Gasteiger partial charge is 0.494 e. The van der Waals surface area contributed by atoms with E-state index in [0.717, 1.165) is 37.2 Å². The third kappa shape index (κ3) is 3.33. The fourth-order valence-electron chi connectivity index (χ4n) is 2.87. The van der Waals surface area contributed by atoms with Gasteiger partial charge in [-0.05, 0) is 48.4 Å². The van der Waals surface area contributed by atoms with Crippen molar-refractivity contribution in [2.45, 2.75) is 32.7 Å². The number of fused-ring (bicyclic) bond motifs is 1. The van der Waals surface area contributed by atoms with E-state index in [9.17, 15) is 4.79 Å². The molecule has 0 bridgehead atoms. The first-order valence-electron chi connectivity index (χ1n) is 7.81. The average molecular weight is 315 g/mol. The lowest BCUT2D eigenvalue weighted by atomic mass is 10.1. The van der Waals surface area contributed by atoms with E-state index in [1.54, 1.807) is 11.3 Å². The molecule has 3 rings (SSSR count). The van der Waals surface area contributed by atoms with E-state index in [4.69, 9.17) is 4.74 Å². The van der Waals surface area contributed by atoms with Gasteiger partial charge in [0.25, 0.3) is 0 Å². The highest BCUT2D eigenvalue weighted by Crippen LogP contribution is 2.25. The smallest absolute Gasteiger partial charge is 0.223 e. The lowest BCUT2D eigenvalue weighted by Gasteiger charge is -2.27. The first kappa shape index (κ1) is 15.1. The van der Waals surface area contributed by atoms with Crippen LogP contribution in [-0.2, 0) is 24.2 Å². The van der Waals surface area contributed by atoms with Crippen molar-refractivity contribution in [2.24, 2.45) is 0 Å². The molecule has 0 atom stereocenters. The summed E-state index contributed by atoms with van der Waals surface area (Å²) in [6.07, 6.45) is 2.28. The Morgan fingerprint density at radius 3 is 3.05 bits per heavy atom. The molecule has 0 saturated carbocycles. The molecule has 0 saturated heterocycles. The van der Waals surface area contributed by atoms with E-state index >= 15 is 0 Å². The summed E-state index contributed by atoms with van der Waals surface area (Å²) in [6.45, 7) is 4.25. The highest BCUT2D eigenvalue weighted by atomic mass is 32.1. The maximum Gasteiger partial charge on any atom is 0.223 e. The number of hydrogen-bond donors (Lipinski definition) is 0. The van der Waals surface area contributed by atoms with Crippen molar-refractivity contribution in [3.8, 4) is 5.75 Å². The zero-order valence-corrected chi connectivity index (χ0v) is 13.7. The van der Waals surface area contributed by atoms with Crippen molar-refractivity contribution in [3.05, 3.63) is 51.7 Å². The molecule has 2 aromatic rings. The molecular weight excluding hydrogens is 294 g/mol. The van der Waals surface area contributed by atoms with Gasteiger partial charge < -0.3 is 9.64 Å². The summed E-state index contributed by atoms with van der Waals surface area (Å²) in [5.74, 6) is 1.14. The molecule has 0 fully saturated rings. The minimum absolute atomic E-state index is 0.239. The number of para-hydroxylation sites is 1. The first-order valence-corrected chi connectivity index (χ1v) is 8.69. The van der Waals surface area contributed by atoms with E-state index in [1.165, 1.54) is 10.4 Å². The summed E-state index contributed by atoms with van der Waals surface area (Å²) in [5, 5.41) is 2.12. The Labute approximate surface area is 135 Å². The summed E-state index contributed by atoms with van der Waals surface area (Å²) in [5.41, 5.74) is 2.44. The molecule has 0 spiro atoms. The number of rotatable bonds is 5. The molecule has 4 heteroatoms. The zero-order valence-electron chi connectivity index (χ0n) is 12.9. The lowest BCUT2D eigenvalue weighted by Crippen LogP contribution is -2.35. The summed E-state index contributed by atoms with van der Waals surface area (Å²) in [6, 6.07) is 10.1. The van der Waals surface area contributed by atoms with E-state index in [1.807, 2.05) is 36.1 Å². The summed E-state index contributed by atoms with van der Waals surface area (Å²) < 4.78 is 5.63. The standard InChI is InChI=1S/C18H21NO2S/c1-2-21-16-6-4-3-5-14(16)7-8-18(20)19-11-9-17-15(13-19)10-12-22-17/h3-6,10,12H,2,7-9,11,13H2,1H3. The van der Waals surface area contributed by atoms with Gasteiger partial charge in [-0.3, -0.25) is 4.79 Å². The van der Waals surface area contributed by atoms with Crippen molar-refractivity contribution < 1.29 is 9.53 Å². The van der Waals surface area contributed by atoms with Crippen molar-refractivity contribution in [1.29, 1.82) is 0 Å². The maximum absolute atomic E-state index is 12.5. The second kappa shape index (κ2) is 6.97. The molecule has 3 nitrogen and oxygen atoms in total. The van der Waals surface area contributed by atoms with E-state index in [0.29, 0.717) is 13.0 Å². The number of thiophene rings is 1. The van der Waals surface area contributed by atoms with Gasteiger partial charge in [0.15, 0.2) is 0 Å². The van der Waals surface area contributed by atoms with Gasteiger partial charge in [-0.25, -0.2) is 0 Å². The monoisotopic (exact) mass is 315 g/mol. The van der Waals surface area contributed by atoms with Crippen molar-refractivity contribution in [1.82, 2.24) is 4.90 Å². The molecule has 1 aromatic heterocycles. The molecule has 0 N–H and O–H groups in total. The number of ether oxygens (including phenoxy) is 1. The molecule has 1 aromatic carbocycles. The molecule has 1 amide bonds. The molecule has 0 aliphatic carbocycles. The van der Waals surface area contributed by atoms with Crippen LogP contribution < -0.4 is 4.74 Å². The van der Waals surface area contributed by atoms with E-state index in [2.05, 4.69) is 11.4 Å². The summed E-state index contributed by atoms with van der Waals surface area (Å²) in [7, 11) is 0. The molecule has 22 heavy (non-hydrogen) atoms. The van der Waals surface area contributed by atoms with Crippen LogP contribution in [-0.4, -0.2) is 24.0 Å². The second-order valence-corrected chi connectivity index (χ2v) is 6.48. The minimum atomic E-state index is 0.239. The number of hydrogen-bond acceptors (Lipinski definition) is 3. The topological polar surface area (TPSA) is 29.5 Å². The molecule has 2 heterocycles. The predicted molar refractivity (Wildman–Crippen MR) is 89.4 cm³/mol. The van der Waals surface area contributed by atoms with Crippen LogP contribution in [0.25, 0.3) is 0 Å². The minimum Gasteiger partial charge on any atom is -0.494 e. The maximum atomic E-state index is 12.5. The molecule has 0 radical (unpaired) electrons. The summed E-state index contributed by atoms with van der Waals surface area (Å²) >= 11 is 1.80. The molecule has 1 aliphatic heterocycles. The van der Waals surface area contributed by atoms with Crippen LogP contribution in [0.15, 0.2) is 35.7 Å². The Hall–Kier alpha value is -1.81. The van der Waals surface area contributed by atoms with Gasteiger partial charge in [0.2, 0.25) is 5.91 Å². The van der Waals surface area contributed by atoms with Crippen molar-refractivity contribution in [2.75, 3.05) is 13.2 Å². The average Bonchev–Trinajstić information content (AvgIpc) is 3.01. The lowest BCUT2D eigenvalue weighted by molar-refractivity contribution is -0.132. The SMILES string of the molecule is CCOc1ccccc1CCC(=O)N1CCc2sccc2C1. The number of aryl methyl sites for hydroxylation is 1. The fourth-order valence-corrected chi connectivity index (χ4v) is 3.76. The van der Waals surface area contributed by atoms with Crippen LogP contribution >= 0.6 is 11.3 Å². The Morgan fingerprint density at radius 1 is 1.32 bits per heavy atom. The fraction of sp³-hybridized carbons (Fsp3) is 0.389. The molecule has 1 aliphatic rings. The van der Waals surface area contributed by atoms with Crippen LogP contribution in [0.5, 0.6) is 5.75 Å². The first-order chi connectivity index (χ1) is 10.8. The number of amides is 1. The molecular formula is C18H21NO2S. The predicted octanol–water partition coefficient (Wildman–Crippen LogP) is 3.66. The number of benzene rings is 1. The highest BCUT2D eigenvalue weighted by Gasteiger charge is 2.21. The normalized spacial score (nSPS) is 13.8.